The van der Waals surface area contributed by atoms with Crippen molar-refractivity contribution in [3.63, 3.8) is 0 Å². The molecule has 1 atom stereocenters. The van der Waals surface area contributed by atoms with Crippen LogP contribution in [0.1, 0.15) is 23.8 Å². The van der Waals surface area contributed by atoms with E-state index in [1.807, 2.05) is 29.2 Å². The lowest BCUT2D eigenvalue weighted by molar-refractivity contribution is -0.129. The maximum absolute atomic E-state index is 12.5. The van der Waals surface area contributed by atoms with Crippen LogP contribution >= 0.6 is 34.7 Å². The summed E-state index contributed by atoms with van der Waals surface area (Å²) in [7, 11) is 0. The topological polar surface area (TPSA) is 20.3 Å². The number of hydrogen-bond acceptors (Lipinski definition) is 3. The van der Waals surface area contributed by atoms with Crippen LogP contribution in [0.25, 0.3) is 0 Å². The number of rotatable bonds is 4. The van der Waals surface area contributed by atoms with Gasteiger partial charge in [-0.15, -0.1) is 23.1 Å². The average Bonchev–Trinajstić information content (AvgIpc) is 3.16. The lowest BCUT2D eigenvalue weighted by Gasteiger charge is -2.23. The first-order chi connectivity index (χ1) is 10.3. The number of carbonyl (C=O) groups excluding carboxylic acids is 1. The minimum Gasteiger partial charge on any atom is -0.334 e. The molecule has 0 saturated carbocycles. The number of thiophene rings is 1. The fourth-order valence-electron chi connectivity index (χ4n) is 2.63. The van der Waals surface area contributed by atoms with Crippen molar-refractivity contribution in [2.75, 3.05) is 12.3 Å². The molecule has 1 aliphatic rings. The first-order valence-electron chi connectivity index (χ1n) is 6.96. The molecule has 110 valence electrons. The molecule has 0 spiro atoms. The van der Waals surface area contributed by atoms with E-state index in [2.05, 4.69) is 17.5 Å². The van der Waals surface area contributed by atoms with Crippen LogP contribution in [0.15, 0.2) is 46.7 Å². The molecule has 2 nitrogen and oxygen atoms in total. The largest absolute Gasteiger partial charge is 0.334 e. The Balaban J connectivity index is 1.64. The zero-order valence-electron chi connectivity index (χ0n) is 11.5. The van der Waals surface area contributed by atoms with E-state index >= 15 is 0 Å². The Bertz CT molecular complexity index is 614. The van der Waals surface area contributed by atoms with E-state index < -0.39 is 0 Å². The Morgan fingerprint density at radius 2 is 2.19 bits per heavy atom. The highest BCUT2D eigenvalue weighted by atomic mass is 35.5. The predicted molar refractivity (Wildman–Crippen MR) is 90.2 cm³/mol. The summed E-state index contributed by atoms with van der Waals surface area (Å²) in [4.78, 5) is 16.8. The van der Waals surface area contributed by atoms with Crippen LogP contribution in [0.5, 0.6) is 0 Å². The quantitative estimate of drug-likeness (QED) is 0.743. The van der Waals surface area contributed by atoms with Gasteiger partial charge in [-0.1, -0.05) is 29.8 Å². The van der Waals surface area contributed by atoms with Crippen molar-refractivity contribution < 1.29 is 4.79 Å². The number of halogens is 1. The minimum absolute atomic E-state index is 0.204. The first-order valence-corrected chi connectivity index (χ1v) is 9.20. The summed E-state index contributed by atoms with van der Waals surface area (Å²) in [5.74, 6) is 0.654. The molecule has 1 aliphatic heterocycles. The number of benzene rings is 1. The third-order valence-corrected chi connectivity index (χ3v) is 6.11. The standard InChI is InChI=1S/C16H16ClNOS2/c17-12-5-1-2-7-14(12)21-11-16(19)18-9-3-6-13(18)15-8-4-10-20-15/h1-2,4-5,7-8,10,13H,3,6,9,11H2. The Labute approximate surface area is 138 Å². The van der Waals surface area contributed by atoms with Crippen molar-refractivity contribution in [3.8, 4) is 0 Å². The van der Waals surface area contributed by atoms with Crippen LogP contribution in [0.2, 0.25) is 5.02 Å². The van der Waals surface area contributed by atoms with E-state index in [0.717, 1.165) is 24.3 Å². The molecule has 1 saturated heterocycles. The highest BCUT2D eigenvalue weighted by Crippen LogP contribution is 2.35. The van der Waals surface area contributed by atoms with Gasteiger partial charge in [-0.2, -0.15) is 0 Å². The molecular formula is C16H16ClNOS2. The van der Waals surface area contributed by atoms with Gasteiger partial charge in [0.1, 0.15) is 0 Å². The van der Waals surface area contributed by atoms with Crippen molar-refractivity contribution in [1.82, 2.24) is 4.90 Å². The van der Waals surface area contributed by atoms with Crippen molar-refractivity contribution >= 4 is 40.6 Å². The Kier molecular flexibility index (Phi) is 4.88. The van der Waals surface area contributed by atoms with Crippen molar-refractivity contribution in [1.29, 1.82) is 0 Å². The maximum Gasteiger partial charge on any atom is 0.233 e. The highest BCUT2D eigenvalue weighted by Gasteiger charge is 2.30. The van der Waals surface area contributed by atoms with Gasteiger partial charge in [0.2, 0.25) is 5.91 Å². The summed E-state index contributed by atoms with van der Waals surface area (Å²) in [6, 6.07) is 12.1. The van der Waals surface area contributed by atoms with Gasteiger partial charge in [-0.3, -0.25) is 4.79 Å². The second-order valence-corrected chi connectivity index (χ2v) is 7.38. The van der Waals surface area contributed by atoms with Gasteiger partial charge in [0.25, 0.3) is 0 Å². The Hall–Kier alpha value is -0.970. The van der Waals surface area contributed by atoms with E-state index in [1.54, 1.807) is 11.3 Å². The Morgan fingerprint density at radius 1 is 1.33 bits per heavy atom. The predicted octanol–water partition coefficient (Wildman–Crippen LogP) is 4.86. The zero-order valence-corrected chi connectivity index (χ0v) is 13.9. The van der Waals surface area contributed by atoms with Gasteiger partial charge in [0.05, 0.1) is 16.8 Å². The molecule has 21 heavy (non-hydrogen) atoms. The van der Waals surface area contributed by atoms with Crippen molar-refractivity contribution in [2.45, 2.75) is 23.8 Å². The second-order valence-electron chi connectivity index (χ2n) is 4.98. The summed E-state index contributed by atoms with van der Waals surface area (Å²) < 4.78 is 0. The average molecular weight is 338 g/mol. The molecule has 0 aliphatic carbocycles. The van der Waals surface area contributed by atoms with E-state index in [4.69, 9.17) is 11.6 Å². The van der Waals surface area contributed by atoms with Gasteiger partial charge in [0, 0.05) is 16.3 Å². The summed E-state index contributed by atoms with van der Waals surface area (Å²) >= 11 is 9.39. The van der Waals surface area contributed by atoms with E-state index in [0.29, 0.717) is 10.8 Å². The summed E-state index contributed by atoms with van der Waals surface area (Å²) in [6.45, 7) is 0.866. The van der Waals surface area contributed by atoms with Gasteiger partial charge < -0.3 is 4.90 Å². The molecule has 2 aromatic rings. The third kappa shape index (κ3) is 3.44. The summed E-state index contributed by atoms with van der Waals surface area (Å²) in [5, 5.41) is 2.79. The number of likely N-dealkylation sites (tertiary alicyclic amines) is 1. The van der Waals surface area contributed by atoms with Crippen molar-refractivity contribution in [3.05, 3.63) is 51.7 Å². The van der Waals surface area contributed by atoms with E-state index in [1.165, 1.54) is 16.6 Å². The molecular weight excluding hydrogens is 322 g/mol. The third-order valence-electron chi connectivity index (χ3n) is 3.63. The highest BCUT2D eigenvalue weighted by molar-refractivity contribution is 8.00. The monoisotopic (exact) mass is 337 g/mol. The van der Waals surface area contributed by atoms with E-state index in [-0.39, 0.29) is 11.9 Å². The number of thioether (sulfide) groups is 1. The van der Waals surface area contributed by atoms with Crippen LogP contribution in [0.4, 0.5) is 0 Å². The summed E-state index contributed by atoms with van der Waals surface area (Å²) in [6.07, 6.45) is 2.16. The first kappa shape index (κ1) is 14.9. The number of amides is 1. The molecule has 1 amide bonds. The van der Waals surface area contributed by atoms with Crippen LogP contribution in [-0.2, 0) is 4.79 Å². The molecule has 0 bridgehead atoms. The fraction of sp³-hybridized carbons (Fsp3) is 0.312. The fourth-order valence-corrected chi connectivity index (χ4v) is 4.62. The maximum atomic E-state index is 12.5. The molecule has 1 aromatic heterocycles. The lowest BCUT2D eigenvalue weighted by atomic mass is 10.2. The van der Waals surface area contributed by atoms with Gasteiger partial charge in [-0.25, -0.2) is 0 Å². The van der Waals surface area contributed by atoms with E-state index in [9.17, 15) is 4.79 Å². The van der Waals surface area contributed by atoms with Gasteiger partial charge in [0.15, 0.2) is 0 Å². The molecule has 5 heteroatoms. The molecule has 2 heterocycles. The SMILES string of the molecule is O=C(CSc1ccccc1Cl)N1CCCC1c1cccs1. The summed E-state index contributed by atoms with van der Waals surface area (Å²) in [5.41, 5.74) is 0. The number of hydrogen-bond donors (Lipinski definition) is 0. The van der Waals surface area contributed by atoms with Gasteiger partial charge >= 0.3 is 0 Å². The van der Waals surface area contributed by atoms with Crippen LogP contribution in [-0.4, -0.2) is 23.1 Å². The molecule has 3 rings (SSSR count). The van der Waals surface area contributed by atoms with Crippen LogP contribution in [0.3, 0.4) is 0 Å². The second kappa shape index (κ2) is 6.86. The minimum atomic E-state index is 0.204. The molecule has 1 aromatic carbocycles. The molecule has 1 unspecified atom stereocenters. The molecule has 0 N–H and O–H groups in total. The smallest absolute Gasteiger partial charge is 0.233 e. The van der Waals surface area contributed by atoms with Crippen LogP contribution < -0.4 is 0 Å². The van der Waals surface area contributed by atoms with Crippen molar-refractivity contribution in [2.24, 2.45) is 0 Å². The normalized spacial score (nSPS) is 18.1. The Morgan fingerprint density at radius 3 is 2.95 bits per heavy atom. The van der Waals surface area contributed by atoms with Gasteiger partial charge in [-0.05, 0) is 36.4 Å². The number of nitrogens with zero attached hydrogens (tertiary/aromatic N) is 1. The lowest BCUT2D eigenvalue weighted by Crippen LogP contribution is -2.31. The number of carbonyl (C=O) groups is 1. The van der Waals surface area contributed by atoms with Crippen LogP contribution in [0, 0.1) is 0 Å². The molecule has 1 fully saturated rings. The zero-order chi connectivity index (χ0) is 14.7. The molecule has 0 radical (unpaired) electrons.